The van der Waals surface area contributed by atoms with E-state index in [1.54, 1.807) is 0 Å². The number of Topliss-reactive ketones (excluding diaryl/α,β-unsaturated/α-hetero) is 1. The Hall–Kier alpha value is -1.96. The van der Waals surface area contributed by atoms with Crippen LogP contribution in [0.5, 0.6) is 0 Å². The van der Waals surface area contributed by atoms with Gasteiger partial charge in [-0.3, -0.25) is 14.4 Å². The van der Waals surface area contributed by atoms with Crippen LogP contribution in [0, 0.1) is 5.92 Å². The molecule has 0 bridgehead atoms. The fourth-order valence-electron chi connectivity index (χ4n) is 4.04. The summed E-state index contributed by atoms with van der Waals surface area (Å²) in [5.74, 6) is -5.98. The number of rotatable bonds is 21. The van der Waals surface area contributed by atoms with Gasteiger partial charge in [0.15, 0.2) is 11.5 Å². The third-order valence-corrected chi connectivity index (χ3v) is 6.03. The second-order valence-electron chi connectivity index (χ2n) is 8.98. The molecular formula is C26H46O8. The van der Waals surface area contributed by atoms with Crippen LogP contribution in [0.1, 0.15) is 110 Å². The molecule has 0 amide bonds. The zero-order valence-electron chi connectivity index (χ0n) is 21.7. The molecule has 2 atom stereocenters. The summed E-state index contributed by atoms with van der Waals surface area (Å²) >= 11 is 0. The highest BCUT2D eigenvalue weighted by molar-refractivity contribution is 6.05. The Morgan fingerprint density at radius 2 is 1.18 bits per heavy atom. The summed E-state index contributed by atoms with van der Waals surface area (Å²) in [6.45, 7) is 3.40. The van der Waals surface area contributed by atoms with E-state index in [-0.39, 0.29) is 6.61 Å². The first-order chi connectivity index (χ1) is 16.2. The van der Waals surface area contributed by atoms with Crippen LogP contribution < -0.4 is 0 Å². The fraction of sp³-hybridized carbons (Fsp3) is 0.846. The van der Waals surface area contributed by atoms with E-state index in [1.165, 1.54) is 64.2 Å². The van der Waals surface area contributed by atoms with Crippen LogP contribution in [0.4, 0.5) is 0 Å². The Morgan fingerprint density at radius 3 is 1.56 bits per heavy atom. The van der Waals surface area contributed by atoms with Crippen molar-refractivity contribution < 1.29 is 38.5 Å². The number of unbranched alkanes of at least 4 members (excludes halogenated alkanes) is 13. The summed E-state index contributed by atoms with van der Waals surface area (Å²) in [4.78, 5) is 48.1. The number of carbonyl (C=O) groups excluding carboxylic acids is 4. The van der Waals surface area contributed by atoms with Crippen LogP contribution in [0.15, 0.2) is 0 Å². The van der Waals surface area contributed by atoms with Gasteiger partial charge in [0.25, 0.3) is 0 Å². The number of carbonyl (C=O) groups is 4. The predicted octanol–water partition coefficient (Wildman–Crippen LogP) is 4.68. The smallest absolute Gasteiger partial charge is 0.339 e. The van der Waals surface area contributed by atoms with Gasteiger partial charge in [-0.25, -0.2) is 4.79 Å². The lowest BCUT2D eigenvalue weighted by atomic mass is 9.82. The van der Waals surface area contributed by atoms with E-state index in [1.807, 2.05) is 0 Å². The predicted molar refractivity (Wildman–Crippen MR) is 129 cm³/mol. The molecule has 0 aliphatic heterocycles. The number of hydrogen-bond acceptors (Lipinski definition) is 8. The Kier molecular flexibility index (Phi) is 18.2. The number of ketones is 1. The van der Waals surface area contributed by atoms with Crippen molar-refractivity contribution in [2.75, 3.05) is 20.8 Å². The second kappa shape index (κ2) is 19.4. The van der Waals surface area contributed by atoms with Gasteiger partial charge in [0, 0.05) is 0 Å². The molecular weight excluding hydrogens is 440 g/mol. The van der Waals surface area contributed by atoms with Crippen molar-refractivity contribution in [2.24, 2.45) is 5.92 Å². The maximum Gasteiger partial charge on any atom is 0.339 e. The maximum atomic E-state index is 12.2. The average Bonchev–Trinajstić information content (AvgIpc) is 2.80. The van der Waals surface area contributed by atoms with E-state index in [2.05, 4.69) is 16.4 Å². The third-order valence-electron chi connectivity index (χ3n) is 6.03. The van der Waals surface area contributed by atoms with Crippen LogP contribution in [0.2, 0.25) is 0 Å². The van der Waals surface area contributed by atoms with Crippen molar-refractivity contribution in [2.45, 2.75) is 116 Å². The summed E-state index contributed by atoms with van der Waals surface area (Å²) in [6, 6.07) is 0. The van der Waals surface area contributed by atoms with Crippen molar-refractivity contribution >= 4 is 23.7 Å². The molecule has 34 heavy (non-hydrogen) atoms. The molecule has 0 rings (SSSR count). The minimum Gasteiger partial charge on any atom is -0.468 e. The number of esters is 3. The van der Waals surface area contributed by atoms with E-state index < -0.39 is 41.6 Å². The molecule has 0 aromatic carbocycles. The molecule has 8 heteroatoms. The first-order valence-corrected chi connectivity index (χ1v) is 12.8. The fourth-order valence-corrected chi connectivity index (χ4v) is 4.04. The topological polar surface area (TPSA) is 116 Å². The van der Waals surface area contributed by atoms with Crippen molar-refractivity contribution in [3.05, 3.63) is 0 Å². The first-order valence-electron chi connectivity index (χ1n) is 12.8. The molecule has 1 N–H and O–H groups in total. The van der Waals surface area contributed by atoms with Crippen molar-refractivity contribution in [1.29, 1.82) is 0 Å². The zero-order valence-corrected chi connectivity index (χ0v) is 21.7. The van der Waals surface area contributed by atoms with Crippen LogP contribution in [-0.2, 0) is 33.4 Å². The first kappa shape index (κ1) is 32.0. The average molecular weight is 487 g/mol. The quantitative estimate of drug-likeness (QED) is 0.108. The van der Waals surface area contributed by atoms with Crippen LogP contribution in [0.3, 0.4) is 0 Å². The molecule has 0 spiro atoms. The van der Waals surface area contributed by atoms with E-state index in [9.17, 15) is 24.3 Å². The van der Waals surface area contributed by atoms with Gasteiger partial charge in [-0.15, -0.1) is 0 Å². The van der Waals surface area contributed by atoms with E-state index >= 15 is 0 Å². The molecule has 0 aromatic heterocycles. The van der Waals surface area contributed by atoms with Gasteiger partial charge >= 0.3 is 17.9 Å². The van der Waals surface area contributed by atoms with Gasteiger partial charge in [0.05, 0.1) is 27.2 Å². The Balaban J connectivity index is 4.10. The lowest BCUT2D eigenvalue weighted by Crippen LogP contribution is -2.54. The van der Waals surface area contributed by atoms with Crippen LogP contribution in [-0.4, -0.2) is 55.2 Å². The minimum atomic E-state index is -2.68. The molecule has 0 saturated carbocycles. The SMILES string of the molecule is CCCCCCCCCCCCCCCCOC(=O)CC(O)(C(=O)OC)C(C(C)=O)C(=O)OC. The van der Waals surface area contributed by atoms with Gasteiger partial charge in [-0.1, -0.05) is 90.4 Å². The summed E-state index contributed by atoms with van der Waals surface area (Å²) < 4.78 is 14.1. The largest absolute Gasteiger partial charge is 0.468 e. The van der Waals surface area contributed by atoms with Crippen LogP contribution >= 0.6 is 0 Å². The lowest BCUT2D eigenvalue weighted by molar-refractivity contribution is -0.184. The Morgan fingerprint density at radius 1 is 0.735 bits per heavy atom. The van der Waals surface area contributed by atoms with Gasteiger partial charge in [0.1, 0.15) is 5.78 Å². The van der Waals surface area contributed by atoms with Gasteiger partial charge in [0.2, 0.25) is 0 Å². The molecule has 198 valence electrons. The van der Waals surface area contributed by atoms with E-state index in [4.69, 9.17) is 4.74 Å². The van der Waals surface area contributed by atoms with E-state index in [0.717, 1.165) is 40.4 Å². The minimum absolute atomic E-state index is 0.136. The summed E-state index contributed by atoms with van der Waals surface area (Å²) in [6.07, 6.45) is 16.0. The molecule has 0 aliphatic carbocycles. The third kappa shape index (κ3) is 13.1. The Bertz CT molecular complexity index is 604. The molecule has 8 nitrogen and oxygen atoms in total. The molecule has 0 fully saturated rings. The molecule has 0 heterocycles. The highest BCUT2D eigenvalue weighted by Gasteiger charge is 2.54. The van der Waals surface area contributed by atoms with Crippen molar-refractivity contribution in [3.63, 3.8) is 0 Å². The number of hydrogen-bond donors (Lipinski definition) is 1. The molecule has 0 aromatic rings. The maximum absolute atomic E-state index is 12.2. The molecule has 0 saturated heterocycles. The lowest BCUT2D eigenvalue weighted by Gasteiger charge is -2.29. The summed E-state index contributed by atoms with van der Waals surface area (Å²) in [5.41, 5.74) is -2.68. The van der Waals surface area contributed by atoms with Crippen molar-refractivity contribution in [1.82, 2.24) is 0 Å². The summed E-state index contributed by atoms with van der Waals surface area (Å²) in [7, 11) is 2.01. The number of aliphatic hydroxyl groups is 1. The van der Waals surface area contributed by atoms with Crippen molar-refractivity contribution in [3.8, 4) is 0 Å². The molecule has 2 unspecified atom stereocenters. The molecule has 0 radical (unpaired) electrons. The Labute approximate surface area is 205 Å². The van der Waals surface area contributed by atoms with Gasteiger partial charge in [-0.05, 0) is 13.3 Å². The van der Waals surface area contributed by atoms with E-state index in [0.29, 0.717) is 6.42 Å². The number of methoxy groups -OCH3 is 2. The highest BCUT2D eigenvalue weighted by atomic mass is 16.6. The van der Waals surface area contributed by atoms with Gasteiger partial charge < -0.3 is 19.3 Å². The molecule has 0 aliphatic rings. The number of ether oxygens (including phenoxy) is 3. The normalized spacial score (nSPS) is 13.6. The summed E-state index contributed by atoms with van der Waals surface area (Å²) in [5, 5.41) is 10.7. The highest BCUT2D eigenvalue weighted by Crippen LogP contribution is 2.27. The standard InChI is InChI=1S/C26H46O8/c1-5-6-7-8-9-10-11-12-13-14-15-16-17-18-19-34-22(28)20-26(31,25(30)33-4)23(21(2)27)24(29)32-3/h23,31H,5-20H2,1-4H3. The van der Waals surface area contributed by atoms with Gasteiger partial charge in [-0.2, -0.15) is 0 Å². The monoisotopic (exact) mass is 486 g/mol. The second-order valence-corrected chi connectivity index (χ2v) is 8.98. The van der Waals surface area contributed by atoms with Crippen LogP contribution in [0.25, 0.3) is 0 Å². The zero-order chi connectivity index (χ0) is 25.8.